The molecule has 104 valence electrons. The van der Waals surface area contributed by atoms with Crippen molar-refractivity contribution in [1.29, 1.82) is 0 Å². The van der Waals surface area contributed by atoms with E-state index in [0.717, 1.165) is 18.8 Å². The van der Waals surface area contributed by atoms with Gasteiger partial charge in [0.2, 0.25) is 0 Å². The molecular weight excluding hydrogens is 252 g/mol. The normalized spacial score (nSPS) is 14.6. The Bertz CT molecular complexity index is 619. The van der Waals surface area contributed by atoms with Crippen LogP contribution < -0.4 is 5.32 Å². The Hall–Kier alpha value is -2.14. The number of carbonyl (C=O) groups is 1. The van der Waals surface area contributed by atoms with Crippen LogP contribution in [0.15, 0.2) is 30.6 Å². The molecule has 1 aliphatic heterocycles. The standard InChI is InChI=1S/C15H18N4O/c1-10(2)19-8-11-3-4-13(7-12(11)9-19)18-15(20)14-16-5-6-17-14/h3-7,10H,8-9H2,1-2H3,(H,16,17)(H,18,20). The molecule has 2 N–H and O–H groups in total. The molecule has 1 amide bonds. The van der Waals surface area contributed by atoms with E-state index in [1.807, 2.05) is 6.07 Å². The molecule has 0 saturated carbocycles. The predicted molar refractivity (Wildman–Crippen MR) is 77.4 cm³/mol. The molecule has 0 spiro atoms. The van der Waals surface area contributed by atoms with Gasteiger partial charge >= 0.3 is 0 Å². The third-order valence-electron chi connectivity index (χ3n) is 3.65. The number of nitrogens with zero attached hydrogens (tertiary/aromatic N) is 2. The van der Waals surface area contributed by atoms with Gasteiger partial charge in [0.05, 0.1) is 0 Å². The van der Waals surface area contributed by atoms with E-state index in [0.29, 0.717) is 11.9 Å². The van der Waals surface area contributed by atoms with Gasteiger partial charge in [-0.2, -0.15) is 0 Å². The Morgan fingerprint density at radius 1 is 1.35 bits per heavy atom. The van der Waals surface area contributed by atoms with Gasteiger partial charge in [-0.05, 0) is 37.1 Å². The molecular formula is C15H18N4O. The van der Waals surface area contributed by atoms with E-state index in [4.69, 9.17) is 0 Å². The van der Waals surface area contributed by atoms with Gasteiger partial charge in [0.15, 0.2) is 5.82 Å². The molecule has 0 saturated heterocycles. The molecule has 0 fully saturated rings. The highest BCUT2D eigenvalue weighted by molar-refractivity contribution is 6.01. The van der Waals surface area contributed by atoms with Gasteiger partial charge < -0.3 is 10.3 Å². The lowest BCUT2D eigenvalue weighted by molar-refractivity contribution is 0.101. The van der Waals surface area contributed by atoms with E-state index in [1.165, 1.54) is 11.1 Å². The molecule has 1 aliphatic rings. The highest BCUT2D eigenvalue weighted by atomic mass is 16.2. The number of aromatic nitrogens is 2. The number of nitrogens with one attached hydrogen (secondary N) is 2. The van der Waals surface area contributed by atoms with E-state index in [1.54, 1.807) is 12.4 Å². The minimum atomic E-state index is -0.214. The summed E-state index contributed by atoms with van der Waals surface area (Å²) >= 11 is 0. The molecule has 0 atom stereocenters. The number of H-pyrrole nitrogens is 1. The minimum absolute atomic E-state index is 0.214. The molecule has 0 radical (unpaired) electrons. The van der Waals surface area contributed by atoms with Crippen LogP contribution in [0.2, 0.25) is 0 Å². The second-order valence-electron chi connectivity index (χ2n) is 5.37. The fourth-order valence-electron chi connectivity index (χ4n) is 2.44. The van der Waals surface area contributed by atoms with Crippen LogP contribution in [0, 0.1) is 0 Å². The summed E-state index contributed by atoms with van der Waals surface area (Å²) < 4.78 is 0. The quantitative estimate of drug-likeness (QED) is 0.900. The number of benzene rings is 1. The molecule has 20 heavy (non-hydrogen) atoms. The van der Waals surface area contributed by atoms with Gasteiger partial charge in [-0.15, -0.1) is 0 Å². The van der Waals surface area contributed by atoms with Crippen LogP contribution >= 0.6 is 0 Å². The van der Waals surface area contributed by atoms with Crippen LogP contribution in [0.4, 0.5) is 5.69 Å². The molecule has 5 heteroatoms. The molecule has 0 aliphatic carbocycles. The Morgan fingerprint density at radius 3 is 2.85 bits per heavy atom. The molecule has 2 aromatic rings. The van der Waals surface area contributed by atoms with Crippen molar-refractivity contribution in [3.05, 3.63) is 47.5 Å². The number of rotatable bonds is 3. The number of anilines is 1. The molecule has 0 unspecified atom stereocenters. The van der Waals surface area contributed by atoms with Crippen LogP contribution in [0.25, 0.3) is 0 Å². The fourth-order valence-corrected chi connectivity index (χ4v) is 2.44. The molecule has 1 aromatic heterocycles. The van der Waals surface area contributed by atoms with Crippen molar-refractivity contribution in [3.63, 3.8) is 0 Å². The molecule has 5 nitrogen and oxygen atoms in total. The van der Waals surface area contributed by atoms with Crippen LogP contribution in [-0.4, -0.2) is 26.8 Å². The van der Waals surface area contributed by atoms with Crippen molar-refractivity contribution in [1.82, 2.24) is 14.9 Å². The first-order valence-corrected chi connectivity index (χ1v) is 6.80. The maximum atomic E-state index is 11.9. The summed E-state index contributed by atoms with van der Waals surface area (Å²) in [5, 5.41) is 2.87. The van der Waals surface area contributed by atoms with Gasteiger partial charge in [-0.3, -0.25) is 9.69 Å². The average Bonchev–Trinajstić information content (AvgIpc) is 3.07. The van der Waals surface area contributed by atoms with E-state index in [-0.39, 0.29) is 5.91 Å². The Kier molecular flexibility index (Phi) is 3.28. The zero-order chi connectivity index (χ0) is 14.1. The summed E-state index contributed by atoms with van der Waals surface area (Å²) in [6, 6.07) is 6.63. The zero-order valence-electron chi connectivity index (χ0n) is 11.7. The predicted octanol–water partition coefficient (Wildman–Crippen LogP) is 2.39. The highest BCUT2D eigenvalue weighted by Gasteiger charge is 2.21. The molecule has 1 aromatic carbocycles. The summed E-state index contributed by atoms with van der Waals surface area (Å²) in [6.45, 7) is 6.33. The van der Waals surface area contributed by atoms with Crippen molar-refractivity contribution < 1.29 is 4.79 Å². The van der Waals surface area contributed by atoms with Crippen LogP contribution in [0.3, 0.4) is 0 Å². The number of amides is 1. The summed E-state index contributed by atoms with van der Waals surface area (Å²) in [7, 11) is 0. The summed E-state index contributed by atoms with van der Waals surface area (Å²) in [5.41, 5.74) is 3.45. The number of hydrogen-bond donors (Lipinski definition) is 2. The van der Waals surface area contributed by atoms with E-state index < -0.39 is 0 Å². The molecule has 2 heterocycles. The van der Waals surface area contributed by atoms with Crippen molar-refractivity contribution in [2.45, 2.75) is 33.0 Å². The second-order valence-corrected chi connectivity index (χ2v) is 5.37. The third-order valence-corrected chi connectivity index (χ3v) is 3.65. The van der Waals surface area contributed by atoms with Crippen molar-refractivity contribution in [2.24, 2.45) is 0 Å². The smallest absolute Gasteiger partial charge is 0.291 e. The van der Waals surface area contributed by atoms with Gasteiger partial charge in [0.1, 0.15) is 0 Å². The number of carbonyl (C=O) groups excluding carboxylic acids is 1. The van der Waals surface area contributed by atoms with E-state index in [2.05, 4.69) is 46.2 Å². The lowest BCUT2D eigenvalue weighted by Gasteiger charge is -2.18. The van der Waals surface area contributed by atoms with Crippen molar-refractivity contribution >= 4 is 11.6 Å². The first-order chi connectivity index (χ1) is 9.63. The number of imidazole rings is 1. The Balaban J connectivity index is 1.75. The van der Waals surface area contributed by atoms with E-state index >= 15 is 0 Å². The van der Waals surface area contributed by atoms with Gasteiger partial charge in [-0.1, -0.05) is 6.07 Å². The summed E-state index contributed by atoms with van der Waals surface area (Å²) in [6.07, 6.45) is 3.20. The van der Waals surface area contributed by atoms with Gasteiger partial charge in [0.25, 0.3) is 5.91 Å². The number of fused-ring (bicyclic) bond motifs is 1. The third kappa shape index (κ3) is 2.44. The zero-order valence-corrected chi connectivity index (χ0v) is 11.7. The highest BCUT2D eigenvalue weighted by Crippen LogP contribution is 2.27. The van der Waals surface area contributed by atoms with Gasteiger partial charge in [-0.25, -0.2) is 4.98 Å². The minimum Gasteiger partial charge on any atom is -0.341 e. The van der Waals surface area contributed by atoms with Crippen LogP contribution in [0.1, 0.15) is 35.6 Å². The summed E-state index contributed by atoms with van der Waals surface area (Å²) in [4.78, 5) is 21.1. The monoisotopic (exact) mass is 270 g/mol. The molecule has 3 rings (SSSR count). The SMILES string of the molecule is CC(C)N1Cc2ccc(NC(=O)c3ncc[nH]3)cc2C1. The first-order valence-electron chi connectivity index (χ1n) is 6.80. The Morgan fingerprint density at radius 2 is 2.15 bits per heavy atom. The average molecular weight is 270 g/mol. The Labute approximate surface area is 118 Å². The number of hydrogen-bond acceptors (Lipinski definition) is 3. The fraction of sp³-hybridized carbons (Fsp3) is 0.333. The summed E-state index contributed by atoms with van der Waals surface area (Å²) in [5.74, 6) is 0.114. The van der Waals surface area contributed by atoms with Gasteiger partial charge in [0, 0.05) is 37.2 Å². The van der Waals surface area contributed by atoms with Crippen LogP contribution in [0.5, 0.6) is 0 Å². The largest absolute Gasteiger partial charge is 0.341 e. The van der Waals surface area contributed by atoms with Crippen molar-refractivity contribution in [2.75, 3.05) is 5.32 Å². The molecule has 0 bridgehead atoms. The maximum absolute atomic E-state index is 11.9. The first kappa shape index (κ1) is 12.9. The topological polar surface area (TPSA) is 61.0 Å². The second kappa shape index (κ2) is 5.09. The lowest BCUT2D eigenvalue weighted by Crippen LogP contribution is -2.24. The van der Waals surface area contributed by atoms with Crippen LogP contribution in [-0.2, 0) is 13.1 Å². The number of aromatic amines is 1. The lowest BCUT2D eigenvalue weighted by atomic mass is 10.1. The van der Waals surface area contributed by atoms with Crippen molar-refractivity contribution in [3.8, 4) is 0 Å². The van der Waals surface area contributed by atoms with E-state index in [9.17, 15) is 4.79 Å². The maximum Gasteiger partial charge on any atom is 0.291 e.